The second kappa shape index (κ2) is 12.9. The van der Waals surface area contributed by atoms with Crippen molar-refractivity contribution in [2.24, 2.45) is 0 Å². The summed E-state index contributed by atoms with van der Waals surface area (Å²) in [4.78, 5) is 27.9. The summed E-state index contributed by atoms with van der Waals surface area (Å²) in [5, 5.41) is 3.42. The van der Waals surface area contributed by atoms with Gasteiger partial charge < -0.3 is 10.2 Å². The molecule has 0 aliphatic carbocycles. The molecular weight excluding hydrogens is 486 g/mol. The summed E-state index contributed by atoms with van der Waals surface area (Å²) >= 11 is 6.35. The Labute approximate surface area is 214 Å². The molecule has 0 aliphatic heterocycles. The number of amides is 2. The molecule has 35 heavy (non-hydrogen) atoms. The van der Waals surface area contributed by atoms with Gasteiger partial charge in [0.05, 0.1) is 11.9 Å². The van der Waals surface area contributed by atoms with E-state index in [1.165, 1.54) is 4.31 Å². The highest BCUT2D eigenvalue weighted by Gasteiger charge is 2.29. The summed E-state index contributed by atoms with van der Waals surface area (Å²) in [6.07, 6.45) is 1.99. The Kier molecular flexibility index (Phi) is 10.6. The third kappa shape index (κ3) is 8.54. The summed E-state index contributed by atoms with van der Waals surface area (Å²) < 4.78 is 26.1. The summed E-state index contributed by atoms with van der Waals surface area (Å²) in [6.45, 7) is 7.88. The lowest BCUT2D eigenvalue weighted by molar-refractivity contribution is -0.141. The number of nitrogens with one attached hydrogen (secondary N) is 1. The molecule has 7 nitrogen and oxygen atoms in total. The monoisotopic (exact) mass is 521 g/mol. The lowest BCUT2D eigenvalue weighted by Crippen LogP contribution is -2.50. The molecule has 2 aromatic rings. The van der Waals surface area contributed by atoms with Crippen molar-refractivity contribution in [3.63, 3.8) is 0 Å². The van der Waals surface area contributed by atoms with E-state index >= 15 is 0 Å². The van der Waals surface area contributed by atoms with Gasteiger partial charge in [-0.15, -0.1) is 0 Å². The summed E-state index contributed by atoms with van der Waals surface area (Å²) in [5.74, 6) is -0.451. The molecule has 2 rings (SSSR count). The quantitative estimate of drug-likeness (QED) is 0.444. The number of nitrogens with zero attached hydrogens (tertiary/aromatic N) is 2. The van der Waals surface area contributed by atoms with Crippen LogP contribution in [0.15, 0.2) is 48.5 Å². The fraction of sp³-hybridized carbons (Fsp3) is 0.462. The Morgan fingerprint density at radius 2 is 1.69 bits per heavy atom. The molecule has 0 fully saturated rings. The van der Waals surface area contributed by atoms with E-state index in [2.05, 4.69) is 5.32 Å². The fourth-order valence-corrected chi connectivity index (χ4v) is 4.99. The zero-order valence-electron chi connectivity index (χ0n) is 21.1. The molecule has 0 saturated carbocycles. The van der Waals surface area contributed by atoms with Crippen LogP contribution in [-0.2, 0) is 26.2 Å². The minimum Gasteiger partial charge on any atom is -0.352 e. The predicted octanol–water partition coefficient (Wildman–Crippen LogP) is 4.53. The average Bonchev–Trinajstić information content (AvgIpc) is 2.77. The van der Waals surface area contributed by atoms with E-state index in [-0.39, 0.29) is 37.4 Å². The third-order valence-corrected chi connectivity index (χ3v) is 7.15. The number of hydrogen-bond acceptors (Lipinski definition) is 4. The molecule has 0 aromatic heterocycles. The molecule has 0 heterocycles. The van der Waals surface area contributed by atoms with Gasteiger partial charge in [0, 0.05) is 30.6 Å². The minimum atomic E-state index is -3.52. The van der Waals surface area contributed by atoms with Gasteiger partial charge in [-0.2, -0.15) is 0 Å². The lowest BCUT2D eigenvalue weighted by Gasteiger charge is -2.32. The maximum atomic E-state index is 13.4. The number of rotatable bonds is 12. The number of benzene rings is 2. The number of carbonyl (C=O) groups excluding carboxylic acids is 2. The topological polar surface area (TPSA) is 86.8 Å². The molecule has 0 aliphatic rings. The zero-order valence-corrected chi connectivity index (χ0v) is 22.7. The van der Waals surface area contributed by atoms with Gasteiger partial charge in [0.25, 0.3) is 0 Å². The van der Waals surface area contributed by atoms with Crippen molar-refractivity contribution in [1.82, 2.24) is 10.2 Å². The van der Waals surface area contributed by atoms with E-state index < -0.39 is 16.1 Å². The van der Waals surface area contributed by atoms with Crippen LogP contribution in [0, 0.1) is 6.92 Å². The van der Waals surface area contributed by atoms with Gasteiger partial charge >= 0.3 is 0 Å². The summed E-state index contributed by atoms with van der Waals surface area (Å²) in [5.41, 5.74) is 2.33. The SMILES string of the molecule is CC[C@@H](C(=O)NC(C)C)N(Cc1ccccc1Cl)C(=O)CCCN(c1ccc(C)cc1)S(C)(=O)=O. The van der Waals surface area contributed by atoms with Crippen LogP contribution in [0.25, 0.3) is 0 Å². The van der Waals surface area contributed by atoms with Crippen LogP contribution < -0.4 is 9.62 Å². The Balaban J connectivity index is 2.22. The molecule has 1 atom stereocenters. The van der Waals surface area contributed by atoms with Crippen molar-refractivity contribution in [1.29, 1.82) is 0 Å². The van der Waals surface area contributed by atoms with E-state index in [0.29, 0.717) is 23.6 Å². The van der Waals surface area contributed by atoms with Gasteiger partial charge in [-0.1, -0.05) is 54.4 Å². The van der Waals surface area contributed by atoms with E-state index in [0.717, 1.165) is 17.4 Å². The van der Waals surface area contributed by atoms with Crippen LogP contribution in [0.5, 0.6) is 0 Å². The first-order chi connectivity index (χ1) is 16.4. The number of carbonyl (C=O) groups is 2. The van der Waals surface area contributed by atoms with Crippen molar-refractivity contribution >= 4 is 39.1 Å². The highest BCUT2D eigenvalue weighted by atomic mass is 35.5. The Bertz CT molecular complexity index is 1100. The van der Waals surface area contributed by atoms with Crippen LogP contribution >= 0.6 is 11.6 Å². The first-order valence-corrected chi connectivity index (χ1v) is 14.0. The van der Waals surface area contributed by atoms with Gasteiger partial charge in [0.2, 0.25) is 21.8 Å². The molecule has 192 valence electrons. The first kappa shape index (κ1) is 28.7. The second-order valence-electron chi connectivity index (χ2n) is 8.97. The molecule has 9 heteroatoms. The standard InChI is InChI=1S/C26H36ClN3O4S/c1-6-24(26(32)28-19(2)3)29(18-21-10-7-8-11-23(21)27)25(31)12-9-17-30(35(5,33)34)22-15-13-20(4)14-16-22/h7-8,10-11,13-16,19,24H,6,9,12,17-18H2,1-5H3,(H,28,32)/t24-/m0/s1. The number of hydrogen-bond donors (Lipinski definition) is 1. The van der Waals surface area contributed by atoms with E-state index in [9.17, 15) is 18.0 Å². The molecule has 2 amide bonds. The molecule has 0 spiro atoms. The smallest absolute Gasteiger partial charge is 0.243 e. The normalized spacial score (nSPS) is 12.3. The molecule has 1 N–H and O–H groups in total. The van der Waals surface area contributed by atoms with Crippen LogP contribution in [0.4, 0.5) is 5.69 Å². The summed E-state index contributed by atoms with van der Waals surface area (Å²) in [7, 11) is -3.52. The second-order valence-corrected chi connectivity index (χ2v) is 11.3. The average molecular weight is 522 g/mol. The van der Waals surface area contributed by atoms with Crippen LogP contribution in [-0.4, -0.2) is 50.0 Å². The highest BCUT2D eigenvalue weighted by molar-refractivity contribution is 7.92. The van der Waals surface area contributed by atoms with E-state index in [4.69, 9.17) is 11.6 Å². The number of aryl methyl sites for hydroxylation is 1. The molecule has 0 unspecified atom stereocenters. The van der Waals surface area contributed by atoms with Crippen LogP contribution in [0.3, 0.4) is 0 Å². The van der Waals surface area contributed by atoms with Gasteiger partial charge in [-0.3, -0.25) is 13.9 Å². The van der Waals surface area contributed by atoms with E-state index in [1.807, 2.05) is 58.0 Å². The van der Waals surface area contributed by atoms with Crippen molar-refractivity contribution in [3.05, 3.63) is 64.7 Å². The highest BCUT2D eigenvalue weighted by Crippen LogP contribution is 2.22. The largest absolute Gasteiger partial charge is 0.352 e. The van der Waals surface area contributed by atoms with Gasteiger partial charge in [0.1, 0.15) is 6.04 Å². The van der Waals surface area contributed by atoms with Crippen LogP contribution in [0.2, 0.25) is 5.02 Å². The van der Waals surface area contributed by atoms with Crippen molar-refractivity contribution in [3.8, 4) is 0 Å². The van der Waals surface area contributed by atoms with Gasteiger partial charge in [-0.05, 0) is 57.4 Å². The third-order valence-electron chi connectivity index (χ3n) is 5.59. The van der Waals surface area contributed by atoms with Gasteiger partial charge in [-0.25, -0.2) is 8.42 Å². The molecule has 0 saturated heterocycles. The Morgan fingerprint density at radius 1 is 1.06 bits per heavy atom. The van der Waals surface area contributed by atoms with E-state index in [1.54, 1.807) is 23.1 Å². The van der Waals surface area contributed by atoms with Crippen molar-refractivity contribution in [2.75, 3.05) is 17.1 Å². The molecule has 0 bridgehead atoms. The Morgan fingerprint density at radius 3 is 2.23 bits per heavy atom. The molecular formula is C26H36ClN3O4S. The fourth-order valence-electron chi connectivity index (χ4n) is 3.83. The van der Waals surface area contributed by atoms with Crippen LogP contribution in [0.1, 0.15) is 51.2 Å². The minimum absolute atomic E-state index is 0.0633. The maximum Gasteiger partial charge on any atom is 0.243 e. The van der Waals surface area contributed by atoms with Gasteiger partial charge in [0.15, 0.2) is 0 Å². The number of halogens is 1. The predicted molar refractivity (Wildman–Crippen MR) is 142 cm³/mol. The first-order valence-electron chi connectivity index (χ1n) is 11.8. The summed E-state index contributed by atoms with van der Waals surface area (Å²) in [6, 6.07) is 13.7. The lowest BCUT2D eigenvalue weighted by atomic mass is 10.1. The molecule has 0 radical (unpaired) electrons. The number of anilines is 1. The van der Waals surface area contributed by atoms with Crippen molar-refractivity contribution in [2.45, 2.75) is 65.6 Å². The Hall–Kier alpha value is -2.58. The zero-order chi connectivity index (χ0) is 26.2. The molecule has 2 aromatic carbocycles. The maximum absolute atomic E-state index is 13.4. The van der Waals surface area contributed by atoms with Crippen molar-refractivity contribution < 1.29 is 18.0 Å². The number of sulfonamides is 1.